The standard InChI is InChI=1S/C12H7ClN2O3S/c1-6-4-10(16)18-9-5-7(2-3-8(6)9)17-12-11(13)14-19-15-12/h2-5H,1H3. The van der Waals surface area contributed by atoms with E-state index in [1.807, 2.05) is 13.0 Å². The van der Waals surface area contributed by atoms with Crippen molar-refractivity contribution in [2.75, 3.05) is 0 Å². The largest absolute Gasteiger partial charge is 0.436 e. The molecule has 0 saturated heterocycles. The summed E-state index contributed by atoms with van der Waals surface area (Å²) in [6.07, 6.45) is 0. The average molecular weight is 295 g/mol. The number of fused-ring (bicyclic) bond motifs is 1. The highest BCUT2D eigenvalue weighted by Gasteiger charge is 2.09. The van der Waals surface area contributed by atoms with Crippen molar-refractivity contribution in [3.8, 4) is 11.6 Å². The lowest BCUT2D eigenvalue weighted by Crippen LogP contribution is -1.97. The predicted molar refractivity (Wildman–Crippen MR) is 72.2 cm³/mol. The van der Waals surface area contributed by atoms with E-state index < -0.39 is 5.63 Å². The lowest BCUT2D eigenvalue weighted by Gasteiger charge is -2.04. The topological polar surface area (TPSA) is 65.2 Å². The van der Waals surface area contributed by atoms with Gasteiger partial charge < -0.3 is 9.15 Å². The summed E-state index contributed by atoms with van der Waals surface area (Å²) in [5, 5.41) is 1.06. The van der Waals surface area contributed by atoms with Gasteiger partial charge in [0.1, 0.15) is 11.3 Å². The summed E-state index contributed by atoms with van der Waals surface area (Å²) in [5.41, 5.74) is 0.920. The van der Waals surface area contributed by atoms with E-state index >= 15 is 0 Å². The Hall–Kier alpha value is -1.92. The van der Waals surface area contributed by atoms with Crippen molar-refractivity contribution in [1.29, 1.82) is 0 Å². The van der Waals surface area contributed by atoms with Crippen LogP contribution in [0.5, 0.6) is 11.6 Å². The van der Waals surface area contributed by atoms with Crippen LogP contribution in [0.3, 0.4) is 0 Å². The Balaban J connectivity index is 2.07. The normalized spacial score (nSPS) is 10.8. The smallest absolute Gasteiger partial charge is 0.336 e. The molecular formula is C12H7ClN2O3S. The molecular weight excluding hydrogens is 288 g/mol. The highest BCUT2D eigenvalue weighted by atomic mass is 35.5. The molecule has 3 aromatic rings. The Morgan fingerprint density at radius 3 is 2.89 bits per heavy atom. The molecule has 2 heterocycles. The van der Waals surface area contributed by atoms with Crippen LogP contribution in [0.4, 0.5) is 0 Å². The van der Waals surface area contributed by atoms with Gasteiger partial charge in [-0.1, -0.05) is 11.6 Å². The van der Waals surface area contributed by atoms with Gasteiger partial charge in [0.05, 0.1) is 11.7 Å². The molecule has 1 aromatic carbocycles. The van der Waals surface area contributed by atoms with E-state index in [9.17, 15) is 4.79 Å². The molecule has 19 heavy (non-hydrogen) atoms. The molecule has 7 heteroatoms. The number of rotatable bonds is 2. The quantitative estimate of drug-likeness (QED) is 0.678. The Morgan fingerprint density at radius 1 is 1.32 bits per heavy atom. The van der Waals surface area contributed by atoms with Crippen LogP contribution in [0.1, 0.15) is 5.56 Å². The van der Waals surface area contributed by atoms with Crippen LogP contribution in [-0.2, 0) is 0 Å². The van der Waals surface area contributed by atoms with Crippen molar-refractivity contribution in [3.63, 3.8) is 0 Å². The molecule has 3 rings (SSSR count). The summed E-state index contributed by atoms with van der Waals surface area (Å²) in [6, 6.07) is 6.64. The van der Waals surface area contributed by atoms with Gasteiger partial charge in [-0.25, -0.2) is 4.79 Å². The molecule has 0 unspecified atom stereocenters. The molecule has 0 aliphatic heterocycles. The van der Waals surface area contributed by atoms with E-state index in [4.69, 9.17) is 20.8 Å². The first-order valence-electron chi connectivity index (χ1n) is 5.34. The minimum absolute atomic E-state index is 0.204. The fourth-order valence-corrected chi connectivity index (χ4v) is 2.32. The van der Waals surface area contributed by atoms with Gasteiger partial charge in [0, 0.05) is 17.5 Å². The molecule has 0 aliphatic carbocycles. The number of nitrogens with zero attached hydrogens (tertiary/aromatic N) is 2. The first-order chi connectivity index (χ1) is 9.13. The van der Waals surface area contributed by atoms with Gasteiger partial charge in [0.2, 0.25) is 5.15 Å². The highest BCUT2D eigenvalue weighted by Crippen LogP contribution is 2.29. The van der Waals surface area contributed by atoms with Gasteiger partial charge in [-0.3, -0.25) is 0 Å². The van der Waals surface area contributed by atoms with E-state index in [0.717, 1.165) is 22.7 Å². The zero-order valence-electron chi connectivity index (χ0n) is 9.71. The number of aryl methyl sites for hydroxylation is 1. The van der Waals surface area contributed by atoms with Gasteiger partial charge in [-0.15, -0.1) is 4.37 Å². The second kappa shape index (κ2) is 4.64. The maximum atomic E-state index is 11.3. The van der Waals surface area contributed by atoms with E-state index in [1.165, 1.54) is 6.07 Å². The maximum Gasteiger partial charge on any atom is 0.336 e. The van der Waals surface area contributed by atoms with Crippen molar-refractivity contribution in [2.45, 2.75) is 6.92 Å². The van der Waals surface area contributed by atoms with Gasteiger partial charge in [0.15, 0.2) is 0 Å². The fourth-order valence-electron chi connectivity index (χ4n) is 1.71. The van der Waals surface area contributed by atoms with Crippen LogP contribution < -0.4 is 10.4 Å². The molecule has 96 valence electrons. The summed E-state index contributed by atoms with van der Waals surface area (Å²) < 4.78 is 18.3. The maximum absolute atomic E-state index is 11.3. The van der Waals surface area contributed by atoms with Gasteiger partial charge >= 0.3 is 5.63 Å². The van der Waals surface area contributed by atoms with E-state index in [1.54, 1.807) is 12.1 Å². The summed E-state index contributed by atoms with van der Waals surface area (Å²) in [6.45, 7) is 1.85. The Bertz CT molecular complexity index is 812. The van der Waals surface area contributed by atoms with E-state index in [0.29, 0.717) is 11.3 Å². The molecule has 0 amide bonds. The summed E-state index contributed by atoms with van der Waals surface area (Å²) >= 11 is 6.76. The minimum Gasteiger partial charge on any atom is -0.436 e. The van der Waals surface area contributed by atoms with Gasteiger partial charge in [-0.05, 0) is 24.6 Å². The molecule has 0 saturated carbocycles. The van der Waals surface area contributed by atoms with E-state index in [2.05, 4.69) is 8.75 Å². The second-order valence-corrected chi connectivity index (χ2v) is 4.76. The molecule has 0 atom stereocenters. The van der Waals surface area contributed by atoms with Gasteiger partial charge in [-0.2, -0.15) is 4.37 Å². The number of hydrogen-bond donors (Lipinski definition) is 0. The number of ether oxygens (including phenoxy) is 1. The molecule has 0 aliphatic rings. The van der Waals surface area contributed by atoms with Crippen molar-refractivity contribution in [2.24, 2.45) is 0 Å². The minimum atomic E-state index is -0.393. The Kier molecular flexibility index (Phi) is 2.96. The molecule has 0 bridgehead atoms. The molecule has 0 spiro atoms. The van der Waals surface area contributed by atoms with Crippen molar-refractivity contribution >= 4 is 34.3 Å². The van der Waals surface area contributed by atoms with E-state index in [-0.39, 0.29) is 11.0 Å². The van der Waals surface area contributed by atoms with Gasteiger partial charge in [0.25, 0.3) is 5.88 Å². The fraction of sp³-hybridized carbons (Fsp3) is 0.0833. The van der Waals surface area contributed by atoms with Crippen LogP contribution in [-0.4, -0.2) is 8.75 Å². The first kappa shape index (κ1) is 12.1. The Labute approximate surface area is 116 Å². The van der Waals surface area contributed by atoms with Crippen molar-refractivity contribution in [3.05, 3.63) is 45.4 Å². The van der Waals surface area contributed by atoms with Crippen LogP contribution in [0.15, 0.2) is 33.5 Å². The average Bonchev–Trinajstić information content (AvgIpc) is 2.74. The monoisotopic (exact) mass is 294 g/mol. The lowest BCUT2D eigenvalue weighted by molar-refractivity contribution is 0.466. The predicted octanol–water partition coefficient (Wildman–Crippen LogP) is 3.40. The van der Waals surface area contributed by atoms with Crippen LogP contribution in [0, 0.1) is 6.92 Å². The number of hydrogen-bond acceptors (Lipinski definition) is 6. The number of halogens is 1. The first-order valence-corrected chi connectivity index (χ1v) is 6.45. The molecule has 2 aromatic heterocycles. The summed E-state index contributed by atoms with van der Waals surface area (Å²) in [5.74, 6) is 0.719. The summed E-state index contributed by atoms with van der Waals surface area (Å²) in [4.78, 5) is 11.3. The van der Waals surface area contributed by atoms with Crippen LogP contribution in [0.25, 0.3) is 11.0 Å². The third kappa shape index (κ3) is 2.32. The molecule has 0 fully saturated rings. The summed E-state index contributed by atoms with van der Waals surface area (Å²) in [7, 11) is 0. The molecule has 5 nitrogen and oxygen atoms in total. The molecule has 0 radical (unpaired) electrons. The Morgan fingerprint density at radius 2 is 2.16 bits per heavy atom. The molecule has 0 N–H and O–H groups in total. The SMILES string of the molecule is Cc1cc(=O)oc2cc(Oc3nsnc3Cl)ccc12. The zero-order valence-corrected chi connectivity index (χ0v) is 11.3. The zero-order chi connectivity index (χ0) is 13.4. The number of benzene rings is 1. The van der Waals surface area contributed by atoms with Crippen molar-refractivity contribution < 1.29 is 9.15 Å². The van der Waals surface area contributed by atoms with Crippen molar-refractivity contribution in [1.82, 2.24) is 8.75 Å². The third-order valence-electron chi connectivity index (χ3n) is 2.56. The third-order valence-corrected chi connectivity index (χ3v) is 3.42. The van der Waals surface area contributed by atoms with Crippen LogP contribution in [0.2, 0.25) is 5.15 Å². The second-order valence-electron chi connectivity index (χ2n) is 3.87. The number of aromatic nitrogens is 2. The van der Waals surface area contributed by atoms with Crippen LogP contribution >= 0.6 is 23.3 Å². The highest BCUT2D eigenvalue weighted by molar-refractivity contribution is 6.99. The lowest BCUT2D eigenvalue weighted by atomic mass is 10.1.